The fraction of sp³-hybridized carbons (Fsp3) is 0.357. The summed E-state index contributed by atoms with van der Waals surface area (Å²) in [5.41, 5.74) is 2.16. The predicted molar refractivity (Wildman–Crippen MR) is 76.0 cm³/mol. The number of phenols is 1. The van der Waals surface area contributed by atoms with Crippen molar-refractivity contribution in [2.24, 2.45) is 0 Å². The number of aromatic hydroxyl groups is 1. The molecule has 0 atom stereocenters. The number of hydrogen-bond acceptors (Lipinski definition) is 4. The summed E-state index contributed by atoms with van der Waals surface area (Å²) in [5.74, 6) is 0.287. The number of hydrogen-bond donors (Lipinski definition) is 2. The Kier molecular flexibility index (Phi) is 4.33. The number of nitrogens with zero attached hydrogens (tertiary/aromatic N) is 1. The van der Waals surface area contributed by atoms with Gasteiger partial charge in [0.2, 0.25) is 0 Å². The van der Waals surface area contributed by atoms with E-state index in [0.29, 0.717) is 0 Å². The molecule has 18 heavy (non-hydrogen) atoms. The molecule has 0 aliphatic carbocycles. The van der Waals surface area contributed by atoms with Crippen LogP contribution in [0.2, 0.25) is 0 Å². The number of aryl methyl sites for hydroxylation is 1. The van der Waals surface area contributed by atoms with Gasteiger partial charge < -0.3 is 10.4 Å². The molecule has 0 saturated heterocycles. The van der Waals surface area contributed by atoms with Gasteiger partial charge in [0.25, 0.3) is 0 Å². The van der Waals surface area contributed by atoms with Gasteiger partial charge in [0.05, 0.1) is 5.69 Å². The van der Waals surface area contributed by atoms with E-state index in [1.54, 1.807) is 23.5 Å². The van der Waals surface area contributed by atoms with E-state index in [1.165, 1.54) is 10.6 Å². The van der Waals surface area contributed by atoms with E-state index < -0.39 is 0 Å². The van der Waals surface area contributed by atoms with Crippen molar-refractivity contribution < 1.29 is 5.11 Å². The molecule has 2 aromatic rings. The van der Waals surface area contributed by atoms with Gasteiger partial charge in [-0.3, -0.25) is 0 Å². The van der Waals surface area contributed by atoms with Crippen LogP contribution >= 0.6 is 11.3 Å². The Balaban J connectivity index is 2.36. The summed E-state index contributed by atoms with van der Waals surface area (Å²) in [7, 11) is 1.95. The van der Waals surface area contributed by atoms with Crippen LogP contribution in [0.3, 0.4) is 0 Å². The maximum atomic E-state index is 9.52. The SMILES string of the molecule is CCCc1nc(-c2cccc(O)c2)sc1CNC. The van der Waals surface area contributed by atoms with Crippen molar-refractivity contribution in [2.75, 3.05) is 7.05 Å². The summed E-state index contributed by atoms with van der Waals surface area (Å²) < 4.78 is 0. The summed E-state index contributed by atoms with van der Waals surface area (Å²) in [6, 6.07) is 7.27. The number of thiazole rings is 1. The first-order valence-electron chi connectivity index (χ1n) is 6.17. The van der Waals surface area contributed by atoms with Gasteiger partial charge in [-0.25, -0.2) is 4.98 Å². The molecule has 0 radical (unpaired) electrons. The summed E-state index contributed by atoms with van der Waals surface area (Å²) in [5, 5.41) is 13.7. The van der Waals surface area contributed by atoms with Crippen LogP contribution in [0, 0.1) is 0 Å². The Morgan fingerprint density at radius 2 is 2.22 bits per heavy atom. The molecule has 0 unspecified atom stereocenters. The number of rotatable bonds is 5. The predicted octanol–water partition coefficient (Wildman–Crippen LogP) is 3.19. The van der Waals surface area contributed by atoms with E-state index in [4.69, 9.17) is 4.98 Å². The van der Waals surface area contributed by atoms with E-state index in [-0.39, 0.29) is 5.75 Å². The molecule has 0 saturated carbocycles. The summed E-state index contributed by atoms with van der Waals surface area (Å²) >= 11 is 1.70. The molecule has 0 fully saturated rings. The van der Waals surface area contributed by atoms with E-state index >= 15 is 0 Å². The van der Waals surface area contributed by atoms with E-state index in [2.05, 4.69) is 12.2 Å². The zero-order valence-corrected chi connectivity index (χ0v) is 11.5. The lowest BCUT2D eigenvalue weighted by molar-refractivity contribution is 0.475. The van der Waals surface area contributed by atoms with E-state index in [0.717, 1.165) is 30.0 Å². The number of nitrogens with one attached hydrogen (secondary N) is 1. The molecule has 96 valence electrons. The topological polar surface area (TPSA) is 45.2 Å². The number of aromatic nitrogens is 1. The highest BCUT2D eigenvalue weighted by Crippen LogP contribution is 2.30. The Hall–Kier alpha value is -1.39. The molecule has 0 bridgehead atoms. The van der Waals surface area contributed by atoms with Gasteiger partial charge in [-0.05, 0) is 25.6 Å². The van der Waals surface area contributed by atoms with Gasteiger partial charge in [-0.15, -0.1) is 11.3 Å². The van der Waals surface area contributed by atoms with Crippen molar-refractivity contribution in [2.45, 2.75) is 26.3 Å². The first kappa shape index (κ1) is 13.1. The average molecular weight is 262 g/mol. The van der Waals surface area contributed by atoms with Gasteiger partial charge in [0, 0.05) is 17.0 Å². The molecule has 0 aliphatic heterocycles. The number of phenolic OH excluding ortho intramolecular Hbond substituents is 1. The molecule has 2 N–H and O–H groups in total. The summed E-state index contributed by atoms with van der Waals surface area (Å²) in [6.07, 6.45) is 2.10. The minimum absolute atomic E-state index is 0.287. The second-order valence-corrected chi connectivity index (χ2v) is 5.30. The number of benzene rings is 1. The molecule has 4 heteroatoms. The lowest BCUT2D eigenvalue weighted by Crippen LogP contribution is -2.05. The van der Waals surface area contributed by atoms with Crippen molar-refractivity contribution in [1.82, 2.24) is 10.3 Å². The highest BCUT2D eigenvalue weighted by atomic mass is 32.1. The van der Waals surface area contributed by atoms with Crippen LogP contribution in [0.5, 0.6) is 5.75 Å². The van der Waals surface area contributed by atoms with Crippen molar-refractivity contribution in [1.29, 1.82) is 0 Å². The van der Waals surface area contributed by atoms with Crippen molar-refractivity contribution >= 4 is 11.3 Å². The average Bonchev–Trinajstić information content (AvgIpc) is 2.74. The molecule has 0 spiro atoms. The first-order valence-corrected chi connectivity index (χ1v) is 6.98. The van der Waals surface area contributed by atoms with Crippen LogP contribution in [-0.4, -0.2) is 17.1 Å². The largest absolute Gasteiger partial charge is 0.508 e. The van der Waals surface area contributed by atoms with E-state index in [1.807, 2.05) is 19.2 Å². The fourth-order valence-corrected chi connectivity index (χ4v) is 2.99. The first-order chi connectivity index (χ1) is 8.74. The lowest BCUT2D eigenvalue weighted by Gasteiger charge is -1.98. The van der Waals surface area contributed by atoms with Crippen LogP contribution < -0.4 is 5.32 Å². The maximum Gasteiger partial charge on any atom is 0.124 e. The van der Waals surface area contributed by atoms with Crippen LogP contribution in [0.4, 0.5) is 0 Å². The highest BCUT2D eigenvalue weighted by Gasteiger charge is 2.11. The zero-order valence-electron chi connectivity index (χ0n) is 10.7. The third-order valence-corrected chi connectivity index (χ3v) is 3.84. The Labute approximate surface area is 112 Å². The smallest absolute Gasteiger partial charge is 0.124 e. The minimum Gasteiger partial charge on any atom is -0.508 e. The third kappa shape index (κ3) is 2.89. The normalized spacial score (nSPS) is 10.8. The van der Waals surface area contributed by atoms with Crippen LogP contribution in [-0.2, 0) is 13.0 Å². The minimum atomic E-state index is 0.287. The Morgan fingerprint density at radius 3 is 2.89 bits per heavy atom. The van der Waals surface area contributed by atoms with Gasteiger partial charge in [0.15, 0.2) is 0 Å². The second kappa shape index (κ2) is 5.98. The molecule has 0 aliphatic rings. The molecular formula is C14H18N2OS. The Morgan fingerprint density at radius 1 is 1.39 bits per heavy atom. The van der Waals surface area contributed by atoms with Crippen molar-refractivity contribution in [3.05, 3.63) is 34.8 Å². The van der Waals surface area contributed by atoms with Gasteiger partial charge in [0.1, 0.15) is 10.8 Å². The monoisotopic (exact) mass is 262 g/mol. The molecule has 1 heterocycles. The van der Waals surface area contributed by atoms with Crippen molar-refractivity contribution in [3.8, 4) is 16.3 Å². The van der Waals surface area contributed by atoms with Crippen LogP contribution in [0.1, 0.15) is 23.9 Å². The lowest BCUT2D eigenvalue weighted by atomic mass is 10.2. The van der Waals surface area contributed by atoms with Crippen molar-refractivity contribution in [3.63, 3.8) is 0 Å². The van der Waals surface area contributed by atoms with Crippen LogP contribution in [0.25, 0.3) is 10.6 Å². The van der Waals surface area contributed by atoms with Gasteiger partial charge >= 0.3 is 0 Å². The van der Waals surface area contributed by atoms with Gasteiger partial charge in [-0.1, -0.05) is 25.5 Å². The molecule has 3 nitrogen and oxygen atoms in total. The molecule has 2 rings (SSSR count). The third-order valence-electron chi connectivity index (χ3n) is 2.70. The van der Waals surface area contributed by atoms with E-state index in [9.17, 15) is 5.11 Å². The highest BCUT2D eigenvalue weighted by molar-refractivity contribution is 7.15. The quantitative estimate of drug-likeness (QED) is 0.870. The van der Waals surface area contributed by atoms with Gasteiger partial charge in [-0.2, -0.15) is 0 Å². The maximum absolute atomic E-state index is 9.52. The molecule has 1 aromatic heterocycles. The summed E-state index contributed by atoms with van der Waals surface area (Å²) in [6.45, 7) is 3.02. The zero-order chi connectivity index (χ0) is 13.0. The summed E-state index contributed by atoms with van der Waals surface area (Å²) in [4.78, 5) is 5.99. The standard InChI is InChI=1S/C14H18N2OS/c1-3-5-12-13(9-15-2)18-14(16-12)10-6-4-7-11(17)8-10/h4,6-8,15,17H,3,5,9H2,1-2H3. The fourth-order valence-electron chi connectivity index (χ4n) is 1.88. The molecular weight excluding hydrogens is 244 g/mol. The second-order valence-electron chi connectivity index (χ2n) is 4.22. The van der Waals surface area contributed by atoms with Crippen LogP contribution in [0.15, 0.2) is 24.3 Å². The Bertz CT molecular complexity index is 499. The molecule has 0 amide bonds. The molecule has 1 aromatic carbocycles.